The maximum absolute atomic E-state index is 13.3. The van der Waals surface area contributed by atoms with E-state index in [1.807, 2.05) is 11.0 Å². The van der Waals surface area contributed by atoms with Crippen LogP contribution in [-0.2, 0) is 20.9 Å². The lowest BCUT2D eigenvalue weighted by Crippen LogP contribution is -2.54. The van der Waals surface area contributed by atoms with Crippen LogP contribution in [0.25, 0.3) is 0 Å². The van der Waals surface area contributed by atoms with E-state index >= 15 is 0 Å². The first kappa shape index (κ1) is 23.6. The van der Waals surface area contributed by atoms with Crippen molar-refractivity contribution in [2.75, 3.05) is 26.2 Å². The molecule has 10 nitrogen and oxygen atoms in total. The first-order valence-electron chi connectivity index (χ1n) is 12.4. The second-order valence-electron chi connectivity index (χ2n) is 10.0. The Kier molecular flexibility index (Phi) is 6.41. The van der Waals surface area contributed by atoms with Gasteiger partial charge in [0.05, 0.1) is 11.1 Å². The Labute approximate surface area is 203 Å². The van der Waals surface area contributed by atoms with Gasteiger partial charge in [-0.3, -0.25) is 39.1 Å². The molecule has 0 saturated carbocycles. The fourth-order valence-corrected chi connectivity index (χ4v) is 5.67. The molecule has 0 aromatic heterocycles. The summed E-state index contributed by atoms with van der Waals surface area (Å²) in [5, 5.41) is 2.22. The zero-order valence-electron chi connectivity index (χ0n) is 19.7. The van der Waals surface area contributed by atoms with Crippen molar-refractivity contribution >= 4 is 29.5 Å². The first-order valence-corrected chi connectivity index (χ1v) is 12.4. The number of imide groups is 2. The van der Waals surface area contributed by atoms with E-state index in [9.17, 15) is 24.0 Å². The monoisotopic (exact) mass is 481 g/mol. The summed E-state index contributed by atoms with van der Waals surface area (Å²) < 4.78 is 0. The number of hydrogen-bond donors (Lipinski definition) is 2. The van der Waals surface area contributed by atoms with Crippen molar-refractivity contribution in [2.45, 2.75) is 57.2 Å². The van der Waals surface area contributed by atoms with Gasteiger partial charge in [-0.25, -0.2) is 0 Å². The van der Waals surface area contributed by atoms with Crippen LogP contribution in [0.5, 0.6) is 0 Å². The van der Waals surface area contributed by atoms with E-state index in [0.717, 1.165) is 62.3 Å². The molecule has 0 spiro atoms. The van der Waals surface area contributed by atoms with Gasteiger partial charge in [0, 0.05) is 38.0 Å². The highest BCUT2D eigenvalue weighted by atomic mass is 16.2. The van der Waals surface area contributed by atoms with E-state index in [4.69, 9.17) is 5.73 Å². The predicted molar refractivity (Wildman–Crippen MR) is 125 cm³/mol. The number of carbonyl (C=O) groups excluding carboxylic acids is 5. The number of amides is 5. The van der Waals surface area contributed by atoms with E-state index in [1.54, 1.807) is 12.1 Å². The number of piperidine rings is 3. The fraction of sp³-hybridized carbons (Fsp3) is 0.560. The molecule has 1 atom stereocenters. The number of rotatable bonds is 4. The Morgan fingerprint density at radius 1 is 0.943 bits per heavy atom. The van der Waals surface area contributed by atoms with Crippen molar-refractivity contribution in [3.8, 4) is 0 Å². The number of fused-ring (bicyclic) bond motifs is 1. The molecule has 5 rings (SSSR count). The number of hydrogen-bond acceptors (Lipinski definition) is 7. The van der Waals surface area contributed by atoms with Gasteiger partial charge in [-0.05, 0) is 56.8 Å². The molecule has 3 saturated heterocycles. The van der Waals surface area contributed by atoms with Gasteiger partial charge in [0.2, 0.25) is 17.7 Å². The van der Waals surface area contributed by atoms with Crippen LogP contribution in [0.1, 0.15) is 64.8 Å². The standard InChI is InChI=1S/C25H31N5O5/c26-17-8-12-29(13-9-17)23(33)15-6-10-28(11-7-15)14-16-2-1-3-18-21(16)25(35)30(24(18)34)19-4-5-20(31)27-22(19)32/h1-3,15,17,19H,4-14,26H2,(H,27,31,32). The van der Waals surface area contributed by atoms with Gasteiger partial charge in [-0.2, -0.15) is 0 Å². The molecule has 5 amide bonds. The van der Waals surface area contributed by atoms with Crippen molar-refractivity contribution in [1.82, 2.24) is 20.0 Å². The highest BCUT2D eigenvalue weighted by molar-refractivity contribution is 6.24. The molecule has 186 valence electrons. The molecular weight excluding hydrogens is 450 g/mol. The highest BCUT2D eigenvalue weighted by Gasteiger charge is 2.45. The second kappa shape index (κ2) is 9.50. The van der Waals surface area contributed by atoms with Crippen molar-refractivity contribution in [2.24, 2.45) is 11.7 Å². The van der Waals surface area contributed by atoms with Crippen LogP contribution in [0.15, 0.2) is 18.2 Å². The zero-order valence-corrected chi connectivity index (χ0v) is 19.7. The van der Waals surface area contributed by atoms with Gasteiger partial charge in [-0.1, -0.05) is 12.1 Å². The van der Waals surface area contributed by atoms with E-state index in [-0.39, 0.29) is 30.7 Å². The summed E-state index contributed by atoms with van der Waals surface area (Å²) in [6.45, 7) is 3.41. The lowest BCUT2D eigenvalue weighted by molar-refractivity contribution is -0.138. The minimum Gasteiger partial charge on any atom is -0.342 e. The van der Waals surface area contributed by atoms with Gasteiger partial charge in [0.25, 0.3) is 11.8 Å². The lowest BCUT2D eigenvalue weighted by atomic mass is 9.93. The van der Waals surface area contributed by atoms with Gasteiger partial charge in [0.1, 0.15) is 6.04 Å². The van der Waals surface area contributed by atoms with E-state index in [2.05, 4.69) is 10.2 Å². The molecule has 3 fully saturated rings. The maximum Gasteiger partial charge on any atom is 0.262 e. The fourth-order valence-electron chi connectivity index (χ4n) is 5.67. The van der Waals surface area contributed by atoms with Crippen molar-refractivity contribution in [3.63, 3.8) is 0 Å². The minimum absolute atomic E-state index is 0.00767. The Morgan fingerprint density at radius 3 is 2.34 bits per heavy atom. The van der Waals surface area contributed by atoms with Crippen molar-refractivity contribution in [3.05, 3.63) is 34.9 Å². The summed E-state index contributed by atoms with van der Waals surface area (Å²) in [5.74, 6) is -1.75. The summed E-state index contributed by atoms with van der Waals surface area (Å²) >= 11 is 0. The van der Waals surface area contributed by atoms with Gasteiger partial charge < -0.3 is 10.6 Å². The third-order valence-corrected chi connectivity index (χ3v) is 7.74. The lowest BCUT2D eigenvalue weighted by Gasteiger charge is -2.36. The van der Waals surface area contributed by atoms with Crippen LogP contribution in [0, 0.1) is 5.92 Å². The largest absolute Gasteiger partial charge is 0.342 e. The number of nitrogens with zero attached hydrogens (tertiary/aromatic N) is 3. The number of carbonyl (C=O) groups is 5. The molecule has 4 aliphatic rings. The van der Waals surface area contributed by atoms with Crippen LogP contribution in [-0.4, -0.2) is 82.5 Å². The molecule has 1 aromatic carbocycles. The van der Waals surface area contributed by atoms with Gasteiger partial charge in [0.15, 0.2) is 0 Å². The Balaban J connectivity index is 1.24. The summed E-state index contributed by atoms with van der Waals surface area (Å²) in [7, 11) is 0. The molecule has 0 bridgehead atoms. The molecule has 1 unspecified atom stereocenters. The quantitative estimate of drug-likeness (QED) is 0.589. The molecule has 4 aliphatic heterocycles. The summed E-state index contributed by atoms with van der Waals surface area (Å²) in [5.41, 5.74) is 7.34. The number of likely N-dealkylation sites (tertiary alicyclic amines) is 2. The van der Waals surface area contributed by atoms with Crippen molar-refractivity contribution in [1.29, 1.82) is 0 Å². The molecular formula is C25H31N5O5. The predicted octanol–water partition coefficient (Wildman–Crippen LogP) is 0.250. The molecule has 3 N–H and O–H groups in total. The summed E-state index contributed by atoms with van der Waals surface area (Å²) in [6.07, 6.45) is 3.44. The third kappa shape index (κ3) is 4.48. The number of nitrogens with two attached hydrogens (primary N) is 1. The summed E-state index contributed by atoms with van der Waals surface area (Å²) in [4.78, 5) is 68.2. The topological polar surface area (TPSA) is 133 Å². The second-order valence-corrected chi connectivity index (χ2v) is 10.0. The number of nitrogens with one attached hydrogen (secondary N) is 1. The summed E-state index contributed by atoms with van der Waals surface area (Å²) in [6, 6.07) is 4.42. The maximum atomic E-state index is 13.3. The van der Waals surface area contributed by atoms with E-state index < -0.39 is 29.7 Å². The van der Waals surface area contributed by atoms with Crippen molar-refractivity contribution < 1.29 is 24.0 Å². The third-order valence-electron chi connectivity index (χ3n) is 7.74. The molecule has 4 heterocycles. The van der Waals surface area contributed by atoms with Crippen LogP contribution in [0.3, 0.4) is 0 Å². The Hall–Kier alpha value is -3.11. The average molecular weight is 482 g/mol. The minimum atomic E-state index is -0.973. The van der Waals surface area contributed by atoms with Gasteiger partial charge in [-0.15, -0.1) is 0 Å². The van der Waals surface area contributed by atoms with Crippen LogP contribution in [0.2, 0.25) is 0 Å². The Bertz CT molecular complexity index is 1070. The SMILES string of the molecule is NC1CCN(C(=O)C2CCN(Cc3cccc4c3C(=O)N(C3CCC(=O)NC3=O)C4=O)CC2)CC1. The smallest absolute Gasteiger partial charge is 0.262 e. The molecule has 0 aliphatic carbocycles. The number of benzene rings is 1. The average Bonchev–Trinajstić information content (AvgIpc) is 3.10. The van der Waals surface area contributed by atoms with E-state index in [1.165, 1.54) is 0 Å². The normalized spacial score (nSPS) is 24.7. The molecule has 35 heavy (non-hydrogen) atoms. The zero-order chi connectivity index (χ0) is 24.7. The van der Waals surface area contributed by atoms with Crippen LogP contribution >= 0.6 is 0 Å². The highest BCUT2D eigenvalue weighted by Crippen LogP contribution is 2.31. The Morgan fingerprint density at radius 2 is 1.66 bits per heavy atom. The van der Waals surface area contributed by atoms with Gasteiger partial charge >= 0.3 is 0 Å². The molecule has 10 heteroatoms. The molecule has 0 radical (unpaired) electrons. The first-order chi connectivity index (χ1) is 16.8. The van der Waals surface area contributed by atoms with Crippen LogP contribution < -0.4 is 11.1 Å². The van der Waals surface area contributed by atoms with Crippen LogP contribution in [0.4, 0.5) is 0 Å². The molecule has 1 aromatic rings. The van der Waals surface area contributed by atoms with E-state index in [0.29, 0.717) is 17.7 Å².